The van der Waals surface area contributed by atoms with Crippen molar-refractivity contribution in [3.8, 4) is 0 Å². The van der Waals surface area contributed by atoms with Gasteiger partial charge in [0.05, 0.1) is 6.04 Å². The molecule has 0 aliphatic carbocycles. The molecule has 1 aromatic carbocycles. The Kier molecular flexibility index (Phi) is 6.44. The first-order chi connectivity index (χ1) is 8.56. The molecule has 18 heavy (non-hydrogen) atoms. The number of nitrogens with zero attached hydrogens (tertiary/aromatic N) is 1. The first-order valence-corrected chi connectivity index (χ1v) is 7.11. The van der Waals surface area contributed by atoms with Crippen LogP contribution in [-0.2, 0) is 0 Å². The fourth-order valence-electron chi connectivity index (χ4n) is 1.66. The SMILES string of the molecule is CCCCNC(=S)N(C)C(C)c1cccc(Cl)c1. The molecule has 0 radical (unpaired) electrons. The van der Waals surface area contributed by atoms with Gasteiger partial charge >= 0.3 is 0 Å². The highest BCUT2D eigenvalue weighted by Crippen LogP contribution is 2.21. The molecule has 4 heteroatoms. The molecule has 0 amide bonds. The molecular weight excluding hydrogens is 264 g/mol. The summed E-state index contributed by atoms with van der Waals surface area (Å²) >= 11 is 11.4. The van der Waals surface area contributed by atoms with E-state index >= 15 is 0 Å². The zero-order chi connectivity index (χ0) is 13.5. The lowest BCUT2D eigenvalue weighted by Gasteiger charge is -2.28. The van der Waals surface area contributed by atoms with Crippen molar-refractivity contribution < 1.29 is 0 Å². The number of thiocarbonyl (C=S) groups is 1. The van der Waals surface area contributed by atoms with Crippen molar-refractivity contribution in [3.05, 3.63) is 34.9 Å². The second-order valence-electron chi connectivity index (χ2n) is 4.43. The van der Waals surface area contributed by atoms with Crippen molar-refractivity contribution in [3.63, 3.8) is 0 Å². The molecule has 0 bridgehead atoms. The van der Waals surface area contributed by atoms with Crippen LogP contribution in [0.3, 0.4) is 0 Å². The fraction of sp³-hybridized carbons (Fsp3) is 0.500. The van der Waals surface area contributed by atoms with E-state index in [0.717, 1.165) is 23.1 Å². The van der Waals surface area contributed by atoms with Crippen LogP contribution in [0, 0.1) is 0 Å². The van der Waals surface area contributed by atoms with Crippen molar-refractivity contribution >= 4 is 28.9 Å². The molecule has 1 aromatic rings. The molecule has 1 unspecified atom stereocenters. The summed E-state index contributed by atoms with van der Waals surface area (Å²) in [5, 5.41) is 4.82. The van der Waals surface area contributed by atoms with E-state index in [1.807, 2.05) is 25.2 Å². The number of nitrogens with one attached hydrogen (secondary N) is 1. The van der Waals surface area contributed by atoms with E-state index in [1.165, 1.54) is 12.0 Å². The van der Waals surface area contributed by atoms with Gasteiger partial charge in [0.25, 0.3) is 0 Å². The van der Waals surface area contributed by atoms with Crippen LogP contribution in [0.5, 0.6) is 0 Å². The molecule has 1 rings (SSSR count). The Balaban J connectivity index is 2.60. The van der Waals surface area contributed by atoms with E-state index in [2.05, 4.69) is 30.1 Å². The largest absolute Gasteiger partial charge is 0.363 e. The lowest BCUT2D eigenvalue weighted by molar-refractivity contribution is 0.395. The first kappa shape index (κ1) is 15.3. The third-order valence-corrected chi connectivity index (χ3v) is 3.71. The van der Waals surface area contributed by atoms with Gasteiger partial charge < -0.3 is 10.2 Å². The number of benzene rings is 1. The molecule has 1 N–H and O–H groups in total. The average Bonchev–Trinajstić information content (AvgIpc) is 2.37. The third kappa shape index (κ3) is 4.46. The van der Waals surface area contributed by atoms with Crippen LogP contribution in [0.2, 0.25) is 5.02 Å². The molecule has 1 atom stereocenters. The topological polar surface area (TPSA) is 15.3 Å². The number of halogens is 1. The average molecular weight is 285 g/mol. The van der Waals surface area contributed by atoms with Gasteiger partial charge in [-0.15, -0.1) is 0 Å². The zero-order valence-electron chi connectivity index (χ0n) is 11.2. The minimum Gasteiger partial charge on any atom is -0.363 e. The van der Waals surface area contributed by atoms with Gasteiger partial charge in [-0.2, -0.15) is 0 Å². The molecule has 100 valence electrons. The summed E-state index contributed by atoms with van der Waals surface area (Å²) in [6.45, 7) is 5.23. The molecular formula is C14H21ClN2S. The van der Waals surface area contributed by atoms with Crippen molar-refractivity contribution in [2.45, 2.75) is 32.7 Å². The lowest BCUT2D eigenvalue weighted by Crippen LogP contribution is -2.38. The summed E-state index contributed by atoms with van der Waals surface area (Å²) in [6, 6.07) is 8.12. The molecule has 0 aliphatic rings. The molecule has 0 spiro atoms. The lowest BCUT2D eigenvalue weighted by atomic mass is 10.1. The summed E-state index contributed by atoms with van der Waals surface area (Å²) in [4.78, 5) is 2.07. The van der Waals surface area contributed by atoms with Crippen LogP contribution < -0.4 is 5.32 Å². The Morgan fingerprint density at radius 3 is 2.83 bits per heavy atom. The normalized spacial score (nSPS) is 12.0. The van der Waals surface area contributed by atoms with E-state index in [1.54, 1.807) is 0 Å². The zero-order valence-corrected chi connectivity index (χ0v) is 12.8. The van der Waals surface area contributed by atoms with Gasteiger partial charge in [0, 0.05) is 18.6 Å². The highest BCUT2D eigenvalue weighted by atomic mass is 35.5. The monoisotopic (exact) mass is 284 g/mol. The van der Waals surface area contributed by atoms with E-state index in [0.29, 0.717) is 0 Å². The van der Waals surface area contributed by atoms with Crippen LogP contribution in [-0.4, -0.2) is 23.6 Å². The van der Waals surface area contributed by atoms with Crippen molar-refractivity contribution in [1.29, 1.82) is 0 Å². The maximum absolute atomic E-state index is 6.01. The smallest absolute Gasteiger partial charge is 0.169 e. The van der Waals surface area contributed by atoms with E-state index in [4.69, 9.17) is 23.8 Å². The first-order valence-electron chi connectivity index (χ1n) is 6.32. The Morgan fingerprint density at radius 1 is 1.50 bits per heavy atom. The summed E-state index contributed by atoms with van der Waals surface area (Å²) < 4.78 is 0. The molecule has 0 aromatic heterocycles. The molecule has 0 aliphatic heterocycles. The fourth-order valence-corrected chi connectivity index (χ4v) is 2.12. The Bertz CT molecular complexity index is 395. The maximum Gasteiger partial charge on any atom is 0.169 e. The number of unbranched alkanes of at least 4 members (excludes halogenated alkanes) is 1. The van der Waals surface area contributed by atoms with Crippen LogP contribution >= 0.6 is 23.8 Å². The van der Waals surface area contributed by atoms with Crippen molar-refractivity contribution in [2.75, 3.05) is 13.6 Å². The standard InChI is InChI=1S/C14H21ClN2S/c1-4-5-9-16-14(18)17(3)11(2)12-7-6-8-13(15)10-12/h6-8,10-11H,4-5,9H2,1-3H3,(H,16,18). The summed E-state index contributed by atoms with van der Waals surface area (Å²) in [5.41, 5.74) is 1.17. The van der Waals surface area contributed by atoms with Crippen LogP contribution in [0.1, 0.15) is 38.3 Å². The molecule has 0 fully saturated rings. The molecule has 0 saturated carbocycles. The van der Waals surface area contributed by atoms with Crippen LogP contribution in [0.25, 0.3) is 0 Å². The van der Waals surface area contributed by atoms with E-state index < -0.39 is 0 Å². The highest BCUT2D eigenvalue weighted by Gasteiger charge is 2.14. The van der Waals surface area contributed by atoms with Crippen molar-refractivity contribution in [1.82, 2.24) is 10.2 Å². The molecule has 0 saturated heterocycles. The van der Waals surface area contributed by atoms with E-state index in [-0.39, 0.29) is 6.04 Å². The van der Waals surface area contributed by atoms with Gasteiger partial charge in [0.1, 0.15) is 0 Å². The second kappa shape index (κ2) is 7.59. The van der Waals surface area contributed by atoms with Crippen LogP contribution in [0.15, 0.2) is 24.3 Å². The number of rotatable bonds is 5. The Hall–Kier alpha value is -0.800. The predicted molar refractivity (Wildman–Crippen MR) is 83.1 cm³/mol. The summed E-state index contributed by atoms with van der Waals surface area (Å²) in [7, 11) is 2.01. The summed E-state index contributed by atoms with van der Waals surface area (Å²) in [5.74, 6) is 0. The van der Waals surface area contributed by atoms with Crippen LogP contribution in [0.4, 0.5) is 0 Å². The van der Waals surface area contributed by atoms with Gasteiger partial charge in [-0.1, -0.05) is 37.1 Å². The quantitative estimate of drug-likeness (QED) is 0.650. The van der Waals surface area contributed by atoms with Gasteiger partial charge in [0.15, 0.2) is 5.11 Å². The Morgan fingerprint density at radius 2 is 2.22 bits per heavy atom. The minimum absolute atomic E-state index is 0.213. The highest BCUT2D eigenvalue weighted by molar-refractivity contribution is 7.80. The van der Waals surface area contributed by atoms with Gasteiger partial charge in [0.2, 0.25) is 0 Å². The second-order valence-corrected chi connectivity index (χ2v) is 5.25. The van der Waals surface area contributed by atoms with E-state index in [9.17, 15) is 0 Å². The van der Waals surface area contributed by atoms with Gasteiger partial charge in [-0.3, -0.25) is 0 Å². The predicted octanol–water partition coefficient (Wildman–Crippen LogP) is 4.01. The number of hydrogen-bond donors (Lipinski definition) is 1. The van der Waals surface area contributed by atoms with Crippen molar-refractivity contribution in [2.24, 2.45) is 0 Å². The molecule has 2 nitrogen and oxygen atoms in total. The Labute approximate surface area is 120 Å². The summed E-state index contributed by atoms with van der Waals surface area (Å²) in [6.07, 6.45) is 2.31. The van der Waals surface area contributed by atoms with Gasteiger partial charge in [-0.05, 0) is 43.3 Å². The number of hydrogen-bond acceptors (Lipinski definition) is 1. The van der Waals surface area contributed by atoms with Gasteiger partial charge in [-0.25, -0.2) is 0 Å². The maximum atomic E-state index is 6.01. The molecule has 0 heterocycles. The third-order valence-electron chi connectivity index (χ3n) is 3.04. The minimum atomic E-state index is 0.213.